The van der Waals surface area contributed by atoms with Gasteiger partial charge in [0.05, 0.1) is 12.6 Å². The van der Waals surface area contributed by atoms with Crippen molar-refractivity contribution in [3.05, 3.63) is 65.2 Å². The number of hydrogen-bond donors (Lipinski definition) is 3. The van der Waals surface area contributed by atoms with Crippen molar-refractivity contribution >= 4 is 5.91 Å². The number of benzene rings is 2. The van der Waals surface area contributed by atoms with Gasteiger partial charge in [-0.15, -0.1) is 0 Å². The molecule has 0 fully saturated rings. The van der Waals surface area contributed by atoms with Crippen LogP contribution < -0.4 is 5.32 Å². The predicted octanol–water partition coefficient (Wildman–Crippen LogP) is 2.03. The van der Waals surface area contributed by atoms with Gasteiger partial charge in [0.2, 0.25) is 0 Å². The maximum absolute atomic E-state index is 12.2. The van der Waals surface area contributed by atoms with Crippen LogP contribution in [0.1, 0.15) is 21.5 Å². The van der Waals surface area contributed by atoms with E-state index in [4.69, 9.17) is 0 Å². The van der Waals surface area contributed by atoms with Crippen LogP contribution in [0, 0.1) is 6.92 Å². The molecule has 4 heteroatoms. The lowest BCUT2D eigenvalue weighted by Crippen LogP contribution is -2.39. The van der Waals surface area contributed by atoms with E-state index in [1.165, 1.54) is 6.07 Å². The van der Waals surface area contributed by atoms with Crippen molar-refractivity contribution in [2.75, 3.05) is 6.61 Å². The van der Waals surface area contributed by atoms with Gasteiger partial charge in [0.25, 0.3) is 5.91 Å². The van der Waals surface area contributed by atoms with Crippen LogP contribution in [0.2, 0.25) is 0 Å². The van der Waals surface area contributed by atoms with E-state index in [2.05, 4.69) is 5.32 Å². The number of carbonyl (C=O) groups excluding carboxylic acids is 1. The molecule has 0 heterocycles. The SMILES string of the molecule is Cc1cc(O)cc(C(=O)NC(CO)Cc2ccccc2)c1. The highest BCUT2D eigenvalue weighted by molar-refractivity contribution is 5.95. The summed E-state index contributed by atoms with van der Waals surface area (Å²) < 4.78 is 0. The summed E-state index contributed by atoms with van der Waals surface area (Å²) in [7, 11) is 0. The molecule has 0 aliphatic rings. The first-order valence-electron chi connectivity index (χ1n) is 6.85. The number of carbonyl (C=O) groups is 1. The molecule has 4 nitrogen and oxygen atoms in total. The molecule has 0 radical (unpaired) electrons. The Morgan fingerprint density at radius 1 is 1.19 bits per heavy atom. The fourth-order valence-electron chi connectivity index (χ4n) is 2.22. The maximum Gasteiger partial charge on any atom is 0.251 e. The molecule has 1 atom stereocenters. The van der Waals surface area contributed by atoms with E-state index in [0.29, 0.717) is 12.0 Å². The first-order chi connectivity index (χ1) is 10.1. The molecular weight excluding hydrogens is 266 g/mol. The molecule has 0 spiro atoms. The number of phenols is 1. The Hall–Kier alpha value is -2.33. The molecular formula is C17H19NO3. The second-order valence-electron chi connectivity index (χ2n) is 5.10. The van der Waals surface area contributed by atoms with E-state index in [9.17, 15) is 15.0 Å². The minimum Gasteiger partial charge on any atom is -0.508 e. The molecule has 0 saturated heterocycles. The largest absolute Gasteiger partial charge is 0.508 e. The van der Waals surface area contributed by atoms with Crippen molar-refractivity contribution in [3.8, 4) is 5.75 Å². The number of aliphatic hydroxyl groups is 1. The molecule has 0 saturated carbocycles. The third-order valence-electron chi connectivity index (χ3n) is 3.20. The van der Waals surface area contributed by atoms with E-state index >= 15 is 0 Å². The Labute approximate surface area is 124 Å². The first-order valence-corrected chi connectivity index (χ1v) is 6.85. The van der Waals surface area contributed by atoms with Gasteiger partial charge in [-0.3, -0.25) is 4.79 Å². The highest BCUT2D eigenvalue weighted by atomic mass is 16.3. The normalized spacial score (nSPS) is 11.9. The van der Waals surface area contributed by atoms with Crippen LogP contribution in [0.25, 0.3) is 0 Å². The van der Waals surface area contributed by atoms with E-state index in [1.54, 1.807) is 12.1 Å². The van der Waals surface area contributed by atoms with Gasteiger partial charge in [0, 0.05) is 5.56 Å². The molecule has 2 aromatic carbocycles. The molecule has 3 N–H and O–H groups in total. The number of nitrogens with one attached hydrogen (secondary N) is 1. The zero-order valence-corrected chi connectivity index (χ0v) is 11.9. The Morgan fingerprint density at radius 2 is 1.90 bits per heavy atom. The fraction of sp³-hybridized carbons (Fsp3) is 0.235. The van der Waals surface area contributed by atoms with Crippen LogP contribution >= 0.6 is 0 Å². The monoisotopic (exact) mass is 285 g/mol. The zero-order chi connectivity index (χ0) is 15.2. The van der Waals surface area contributed by atoms with E-state index < -0.39 is 0 Å². The summed E-state index contributed by atoms with van der Waals surface area (Å²) in [5.74, 6) is -0.243. The van der Waals surface area contributed by atoms with E-state index in [1.807, 2.05) is 37.3 Å². The lowest BCUT2D eigenvalue weighted by atomic mass is 10.1. The topological polar surface area (TPSA) is 69.6 Å². The van der Waals surface area contributed by atoms with Gasteiger partial charge in [0.15, 0.2) is 0 Å². The molecule has 0 bridgehead atoms. The molecule has 2 rings (SSSR count). The average molecular weight is 285 g/mol. The molecule has 1 amide bonds. The van der Waals surface area contributed by atoms with E-state index in [-0.39, 0.29) is 24.3 Å². The van der Waals surface area contributed by atoms with Crippen LogP contribution in [-0.4, -0.2) is 28.8 Å². The van der Waals surface area contributed by atoms with Gasteiger partial charge in [-0.05, 0) is 42.7 Å². The number of aryl methyl sites for hydroxylation is 1. The van der Waals surface area contributed by atoms with Crippen molar-refractivity contribution in [1.82, 2.24) is 5.32 Å². The second kappa shape index (κ2) is 6.90. The standard InChI is InChI=1S/C17H19NO3/c1-12-7-14(10-16(20)8-12)17(21)18-15(11-19)9-13-5-3-2-4-6-13/h2-8,10,15,19-20H,9,11H2,1H3,(H,18,21). The van der Waals surface area contributed by atoms with Gasteiger partial charge < -0.3 is 15.5 Å². The summed E-state index contributed by atoms with van der Waals surface area (Å²) in [5.41, 5.74) is 2.24. The highest BCUT2D eigenvalue weighted by Gasteiger charge is 2.14. The summed E-state index contributed by atoms with van der Waals surface area (Å²) in [6.07, 6.45) is 0.556. The Balaban J connectivity index is 2.05. The van der Waals surface area contributed by atoms with Crippen LogP contribution in [0.3, 0.4) is 0 Å². The Bertz CT molecular complexity index is 590. The number of phenolic OH excluding ortho intramolecular Hbond substituents is 1. The number of rotatable bonds is 5. The Morgan fingerprint density at radius 3 is 2.52 bits per heavy atom. The first kappa shape index (κ1) is 15.1. The quantitative estimate of drug-likeness (QED) is 0.787. The minimum atomic E-state index is -0.359. The van der Waals surface area contributed by atoms with Crippen molar-refractivity contribution in [3.63, 3.8) is 0 Å². The molecule has 21 heavy (non-hydrogen) atoms. The smallest absolute Gasteiger partial charge is 0.251 e. The summed E-state index contributed by atoms with van der Waals surface area (Å²) in [4.78, 5) is 12.2. The third kappa shape index (κ3) is 4.33. The number of aromatic hydroxyl groups is 1. The zero-order valence-electron chi connectivity index (χ0n) is 11.9. The Kier molecular flexibility index (Phi) is 4.95. The molecule has 2 aromatic rings. The fourth-order valence-corrected chi connectivity index (χ4v) is 2.22. The molecule has 0 aliphatic heterocycles. The van der Waals surface area contributed by atoms with Crippen LogP contribution in [0.4, 0.5) is 0 Å². The van der Waals surface area contributed by atoms with E-state index in [0.717, 1.165) is 11.1 Å². The second-order valence-corrected chi connectivity index (χ2v) is 5.10. The number of amides is 1. The molecule has 1 unspecified atom stereocenters. The van der Waals surface area contributed by atoms with Crippen molar-refractivity contribution in [2.24, 2.45) is 0 Å². The molecule has 0 aliphatic carbocycles. The maximum atomic E-state index is 12.2. The summed E-state index contributed by atoms with van der Waals surface area (Å²) >= 11 is 0. The van der Waals surface area contributed by atoms with Gasteiger partial charge in [-0.1, -0.05) is 30.3 Å². The van der Waals surface area contributed by atoms with Gasteiger partial charge in [-0.25, -0.2) is 0 Å². The van der Waals surface area contributed by atoms with Gasteiger partial charge in [-0.2, -0.15) is 0 Å². The van der Waals surface area contributed by atoms with Crippen LogP contribution in [0.15, 0.2) is 48.5 Å². The summed E-state index contributed by atoms with van der Waals surface area (Å²) in [6, 6.07) is 14.0. The van der Waals surface area contributed by atoms with Crippen molar-refractivity contribution in [2.45, 2.75) is 19.4 Å². The van der Waals surface area contributed by atoms with Crippen molar-refractivity contribution in [1.29, 1.82) is 0 Å². The molecule has 110 valence electrons. The number of hydrogen-bond acceptors (Lipinski definition) is 3. The number of aliphatic hydroxyl groups excluding tert-OH is 1. The van der Waals surface area contributed by atoms with Gasteiger partial charge in [0.1, 0.15) is 5.75 Å². The van der Waals surface area contributed by atoms with Crippen molar-refractivity contribution < 1.29 is 15.0 Å². The predicted molar refractivity (Wildman–Crippen MR) is 81.3 cm³/mol. The minimum absolute atomic E-state index is 0.0590. The average Bonchev–Trinajstić information content (AvgIpc) is 2.46. The third-order valence-corrected chi connectivity index (χ3v) is 3.20. The van der Waals surface area contributed by atoms with Crippen LogP contribution in [-0.2, 0) is 6.42 Å². The molecule has 0 aromatic heterocycles. The lowest BCUT2D eigenvalue weighted by molar-refractivity contribution is 0.0916. The summed E-state index contributed by atoms with van der Waals surface area (Å²) in [5, 5.41) is 21.8. The van der Waals surface area contributed by atoms with Gasteiger partial charge >= 0.3 is 0 Å². The lowest BCUT2D eigenvalue weighted by Gasteiger charge is -2.16. The summed E-state index contributed by atoms with van der Waals surface area (Å²) in [6.45, 7) is 1.67. The highest BCUT2D eigenvalue weighted by Crippen LogP contribution is 2.15. The van der Waals surface area contributed by atoms with Crippen LogP contribution in [0.5, 0.6) is 5.75 Å².